The summed E-state index contributed by atoms with van der Waals surface area (Å²) in [5, 5.41) is 19.0. The summed E-state index contributed by atoms with van der Waals surface area (Å²) >= 11 is 0. The maximum absolute atomic E-state index is 9.70. The molecule has 1 aliphatic carbocycles. The highest BCUT2D eigenvalue weighted by Crippen LogP contribution is 2.41. The van der Waals surface area contributed by atoms with Crippen molar-refractivity contribution < 1.29 is 10.2 Å². The molecule has 0 amide bonds. The highest BCUT2D eigenvalue weighted by atomic mass is 16.3. The van der Waals surface area contributed by atoms with Gasteiger partial charge >= 0.3 is 0 Å². The SMILES string of the molecule is CC1(O)CC(n2cnc3cc(O)cnc32)C1. The van der Waals surface area contributed by atoms with Gasteiger partial charge in [0.25, 0.3) is 0 Å². The average molecular weight is 219 g/mol. The van der Waals surface area contributed by atoms with Crippen LogP contribution >= 0.6 is 0 Å². The van der Waals surface area contributed by atoms with Gasteiger partial charge in [0, 0.05) is 12.1 Å². The highest BCUT2D eigenvalue weighted by molar-refractivity contribution is 5.72. The lowest BCUT2D eigenvalue weighted by Gasteiger charge is -2.41. The van der Waals surface area contributed by atoms with Crippen LogP contribution in [0.5, 0.6) is 5.75 Å². The summed E-state index contributed by atoms with van der Waals surface area (Å²) in [6.07, 6.45) is 4.58. The number of rotatable bonds is 1. The third-order valence-corrected chi connectivity index (χ3v) is 3.14. The van der Waals surface area contributed by atoms with Crippen LogP contribution < -0.4 is 0 Å². The topological polar surface area (TPSA) is 71.2 Å². The molecular formula is C11H13N3O2. The van der Waals surface area contributed by atoms with Crippen LogP contribution in [0.2, 0.25) is 0 Å². The summed E-state index contributed by atoms with van der Waals surface area (Å²) in [6, 6.07) is 1.85. The Labute approximate surface area is 92.4 Å². The van der Waals surface area contributed by atoms with Crippen LogP contribution in [0.25, 0.3) is 11.2 Å². The molecule has 16 heavy (non-hydrogen) atoms. The fourth-order valence-corrected chi connectivity index (χ4v) is 2.33. The molecule has 0 aliphatic heterocycles. The second-order valence-electron chi connectivity index (χ2n) is 4.75. The number of hydrogen-bond donors (Lipinski definition) is 2. The normalized spacial score (nSPS) is 29.2. The van der Waals surface area contributed by atoms with Crippen molar-refractivity contribution in [3.05, 3.63) is 18.6 Å². The molecule has 0 unspecified atom stereocenters. The molecule has 2 aromatic heterocycles. The van der Waals surface area contributed by atoms with Gasteiger partial charge in [0.1, 0.15) is 11.3 Å². The molecule has 0 aromatic carbocycles. The summed E-state index contributed by atoms with van der Waals surface area (Å²) in [6.45, 7) is 1.84. The lowest BCUT2D eigenvalue weighted by molar-refractivity contribution is -0.0499. The second kappa shape index (κ2) is 2.95. The molecule has 5 nitrogen and oxygen atoms in total. The molecule has 2 N–H and O–H groups in total. The number of nitrogens with zero attached hydrogens (tertiary/aromatic N) is 3. The van der Waals surface area contributed by atoms with Gasteiger partial charge in [-0.1, -0.05) is 0 Å². The Morgan fingerprint density at radius 2 is 2.19 bits per heavy atom. The molecule has 0 bridgehead atoms. The number of imidazole rings is 1. The molecule has 2 heterocycles. The highest BCUT2D eigenvalue weighted by Gasteiger charge is 2.40. The van der Waals surface area contributed by atoms with Crippen molar-refractivity contribution in [3.63, 3.8) is 0 Å². The third-order valence-electron chi connectivity index (χ3n) is 3.14. The molecule has 1 fully saturated rings. The first-order valence-electron chi connectivity index (χ1n) is 5.29. The molecule has 1 aliphatic rings. The Kier molecular flexibility index (Phi) is 1.77. The first kappa shape index (κ1) is 9.59. The molecule has 84 valence electrons. The van der Waals surface area contributed by atoms with Crippen LogP contribution in [0.15, 0.2) is 18.6 Å². The van der Waals surface area contributed by atoms with E-state index in [9.17, 15) is 10.2 Å². The van der Waals surface area contributed by atoms with E-state index in [1.807, 2.05) is 11.5 Å². The fourth-order valence-electron chi connectivity index (χ4n) is 2.33. The van der Waals surface area contributed by atoms with Crippen molar-refractivity contribution in [2.24, 2.45) is 0 Å². The zero-order valence-electron chi connectivity index (χ0n) is 8.96. The van der Waals surface area contributed by atoms with E-state index < -0.39 is 5.60 Å². The fraction of sp³-hybridized carbons (Fsp3) is 0.455. The maximum atomic E-state index is 9.70. The monoisotopic (exact) mass is 219 g/mol. The van der Waals surface area contributed by atoms with Gasteiger partial charge < -0.3 is 14.8 Å². The van der Waals surface area contributed by atoms with Crippen molar-refractivity contribution in [1.82, 2.24) is 14.5 Å². The minimum absolute atomic E-state index is 0.123. The Hall–Kier alpha value is -1.62. The standard InChI is InChI=1S/C11H13N3O2/c1-11(16)3-7(4-11)14-6-13-9-2-8(15)5-12-10(9)14/h2,5-7,15-16H,3-4H2,1H3. The molecule has 0 atom stereocenters. The van der Waals surface area contributed by atoms with Crippen molar-refractivity contribution in [2.75, 3.05) is 0 Å². The molecule has 5 heteroatoms. The van der Waals surface area contributed by atoms with Crippen LogP contribution in [0.4, 0.5) is 0 Å². The second-order valence-corrected chi connectivity index (χ2v) is 4.75. The van der Waals surface area contributed by atoms with E-state index in [1.165, 1.54) is 6.20 Å². The lowest BCUT2D eigenvalue weighted by atomic mass is 9.77. The largest absolute Gasteiger partial charge is 0.506 e. The molecule has 0 spiro atoms. The molecule has 3 rings (SSSR count). The number of pyridine rings is 1. The minimum Gasteiger partial charge on any atom is -0.506 e. The summed E-state index contributed by atoms with van der Waals surface area (Å²) < 4.78 is 1.97. The predicted octanol–water partition coefficient (Wildman–Crippen LogP) is 1.22. The van der Waals surface area contributed by atoms with Crippen LogP contribution in [0, 0.1) is 0 Å². The van der Waals surface area contributed by atoms with E-state index in [0.717, 1.165) is 18.5 Å². The van der Waals surface area contributed by atoms with Crippen molar-refractivity contribution in [2.45, 2.75) is 31.4 Å². The average Bonchev–Trinajstić information content (AvgIpc) is 2.56. The zero-order chi connectivity index (χ0) is 11.3. The number of hydrogen-bond acceptors (Lipinski definition) is 4. The van der Waals surface area contributed by atoms with Crippen molar-refractivity contribution >= 4 is 11.2 Å². The summed E-state index contributed by atoms with van der Waals surface area (Å²) in [5.74, 6) is 0.123. The summed E-state index contributed by atoms with van der Waals surface area (Å²) in [4.78, 5) is 8.35. The van der Waals surface area contributed by atoms with Crippen molar-refractivity contribution in [1.29, 1.82) is 0 Å². The van der Waals surface area contributed by atoms with Gasteiger partial charge in [-0.15, -0.1) is 0 Å². The van der Waals surface area contributed by atoms with E-state index in [2.05, 4.69) is 9.97 Å². The predicted molar refractivity (Wildman–Crippen MR) is 58.1 cm³/mol. The first-order valence-corrected chi connectivity index (χ1v) is 5.29. The third kappa shape index (κ3) is 1.36. The number of aliphatic hydroxyl groups is 1. The molecule has 0 radical (unpaired) electrons. The van der Waals surface area contributed by atoms with E-state index in [0.29, 0.717) is 5.52 Å². The summed E-state index contributed by atoms with van der Waals surface area (Å²) in [5.41, 5.74) is 0.892. The van der Waals surface area contributed by atoms with Crippen LogP contribution in [0.1, 0.15) is 25.8 Å². The van der Waals surface area contributed by atoms with Crippen LogP contribution in [0.3, 0.4) is 0 Å². The van der Waals surface area contributed by atoms with Gasteiger partial charge in [0.05, 0.1) is 18.1 Å². The van der Waals surface area contributed by atoms with E-state index >= 15 is 0 Å². The van der Waals surface area contributed by atoms with Gasteiger partial charge in [-0.25, -0.2) is 9.97 Å². The van der Waals surface area contributed by atoms with E-state index in [1.54, 1.807) is 12.4 Å². The van der Waals surface area contributed by atoms with Crippen LogP contribution in [-0.4, -0.2) is 30.3 Å². The first-order chi connectivity index (χ1) is 7.55. The number of aromatic hydroxyl groups is 1. The zero-order valence-corrected chi connectivity index (χ0v) is 8.96. The van der Waals surface area contributed by atoms with Gasteiger partial charge in [-0.3, -0.25) is 0 Å². The molecule has 0 saturated heterocycles. The van der Waals surface area contributed by atoms with Crippen molar-refractivity contribution in [3.8, 4) is 5.75 Å². The van der Waals surface area contributed by atoms with Crippen LogP contribution in [-0.2, 0) is 0 Å². The minimum atomic E-state index is -0.557. The van der Waals surface area contributed by atoms with E-state index in [-0.39, 0.29) is 11.8 Å². The Morgan fingerprint density at radius 3 is 2.88 bits per heavy atom. The Balaban J connectivity index is 2.00. The molecule has 2 aromatic rings. The summed E-state index contributed by atoms with van der Waals surface area (Å²) in [7, 11) is 0. The maximum Gasteiger partial charge on any atom is 0.160 e. The van der Waals surface area contributed by atoms with Gasteiger partial charge in [-0.2, -0.15) is 0 Å². The Morgan fingerprint density at radius 1 is 1.44 bits per heavy atom. The number of fused-ring (bicyclic) bond motifs is 1. The number of aromatic nitrogens is 3. The Bertz CT molecular complexity index is 539. The smallest absolute Gasteiger partial charge is 0.160 e. The lowest BCUT2D eigenvalue weighted by Crippen LogP contribution is -2.41. The van der Waals surface area contributed by atoms with E-state index in [4.69, 9.17) is 0 Å². The van der Waals surface area contributed by atoms with Gasteiger partial charge in [-0.05, 0) is 19.8 Å². The quantitative estimate of drug-likeness (QED) is 0.756. The van der Waals surface area contributed by atoms with Gasteiger partial charge in [0.15, 0.2) is 5.65 Å². The van der Waals surface area contributed by atoms with Gasteiger partial charge in [0.2, 0.25) is 0 Å². The molecular weight excluding hydrogens is 206 g/mol. The molecule has 1 saturated carbocycles.